The van der Waals surface area contributed by atoms with E-state index in [-0.39, 0.29) is 35.3 Å². The molecular formula is C29H37F5N6O6S. The fourth-order valence-electron chi connectivity index (χ4n) is 4.48. The monoisotopic (exact) mass is 692 g/mol. The quantitative estimate of drug-likeness (QED) is 0.310. The highest BCUT2D eigenvalue weighted by Gasteiger charge is 2.41. The Morgan fingerprint density at radius 2 is 1.55 bits per heavy atom. The molecule has 2 N–H and O–H groups in total. The molecule has 1 aliphatic rings. The Morgan fingerprint density at radius 1 is 0.979 bits per heavy atom. The molecule has 2 aromatic rings. The van der Waals surface area contributed by atoms with Crippen LogP contribution in [0.3, 0.4) is 0 Å². The number of amides is 3. The van der Waals surface area contributed by atoms with Crippen LogP contribution in [0.15, 0.2) is 29.2 Å². The van der Waals surface area contributed by atoms with Crippen LogP contribution in [0.4, 0.5) is 43.0 Å². The molecule has 1 fully saturated rings. The van der Waals surface area contributed by atoms with E-state index in [9.17, 15) is 40.5 Å². The molecule has 2 heterocycles. The molecule has 3 amide bonds. The number of rotatable bonds is 5. The third-order valence-electron chi connectivity index (χ3n) is 6.50. The Bertz CT molecular complexity index is 1610. The van der Waals surface area contributed by atoms with Gasteiger partial charge in [-0.05, 0) is 78.6 Å². The molecule has 1 atom stereocenters. The second-order valence-electron chi connectivity index (χ2n) is 12.8. The zero-order valence-electron chi connectivity index (χ0n) is 26.9. The molecule has 0 aliphatic carbocycles. The van der Waals surface area contributed by atoms with Crippen LogP contribution >= 0.6 is 0 Å². The lowest BCUT2D eigenvalue weighted by Gasteiger charge is -2.29. The first kappa shape index (κ1) is 37.4. The zero-order valence-corrected chi connectivity index (χ0v) is 27.7. The highest BCUT2D eigenvalue weighted by atomic mass is 32.2. The van der Waals surface area contributed by atoms with Crippen molar-refractivity contribution >= 4 is 39.5 Å². The number of hydrogen-bond donors (Lipinski definition) is 2. The summed E-state index contributed by atoms with van der Waals surface area (Å²) in [6, 6.07) is 4.58. The molecule has 12 nitrogen and oxygen atoms in total. The summed E-state index contributed by atoms with van der Waals surface area (Å²) in [6.07, 6.45) is -9.01. The molecule has 0 radical (unpaired) electrons. The Balaban J connectivity index is 2.06. The van der Waals surface area contributed by atoms with Crippen LogP contribution in [-0.2, 0) is 25.6 Å². The number of carbonyl (C=O) groups is 3. The van der Waals surface area contributed by atoms with Gasteiger partial charge in [-0.2, -0.15) is 13.2 Å². The highest BCUT2D eigenvalue weighted by molar-refractivity contribution is 7.91. The van der Waals surface area contributed by atoms with E-state index < -0.39 is 85.9 Å². The Hall–Kier alpha value is -4.09. The van der Waals surface area contributed by atoms with Gasteiger partial charge in [0.2, 0.25) is 5.92 Å². The summed E-state index contributed by atoms with van der Waals surface area (Å²) in [7, 11) is -4.56. The van der Waals surface area contributed by atoms with Gasteiger partial charge in [0.05, 0.1) is 10.5 Å². The molecule has 0 spiro atoms. The van der Waals surface area contributed by atoms with Crippen molar-refractivity contribution in [1.29, 1.82) is 4.78 Å². The van der Waals surface area contributed by atoms with Crippen LogP contribution in [0.1, 0.15) is 82.4 Å². The van der Waals surface area contributed by atoms with E-state index >= 15 is 0 Å². The van der Waals surface area contributed by atoms with Gasteiger partial charge in [-0.3, -0.25) is 4.79 Å². The fourth-order valence-corrected chi connectivity index (χ4v) is 5.74. The smallest absolute Gasteiger partial charge is 0.435 e. The van der Waals surface area contributed by atoms with E-state index in [1.54, 1.807) is 0 Å². The fraction of sp³-hybridized carbons (Fsp3) is 0.552. The van der Waals surface area contributed by atoms with Crippen molar-refractivity contribution in [2.45, 2.75) is 95.9 Å². The summed E-state index contributed by atoms with van der Waals surface area (Å²) in [4.78, 5) is 40.5. The van der Waals surface area contributed by atoms with Crippen molar-refractivity contribution in [3.05, 3.63) is 41.1 Å². The predicted molar refractivity (Wildman–Crippen MR) is 161 cm³/mol. The predicted octanol–water partition coefficient (Wildman–Crippen LogP) is 7.17. The maximum absolute atomic E-state index is 14.1. The molecule has 260 valence electrons. The van der Waals surface area contributed by atoms with Crippen LogP contribution in [0, 0.1) is 11.7 Å². The summed E-state index contributed by atoms with van der Waals surface area (Å²) in [5, 5.41) is 9.24. The van der Waals surface area contributed by atoms with E-state index in [4.69, 9.17) is 14.3 Å². The minimum Gasteiger partial charge on any atom is -0.443 e. The highest BCUT2D eigenvalue weighted by Crippen LogP contribution is 2.36. The van der Waals surface area contributed by atoms with Gasteiger partial charge in [0.25, 0.3) is 5.91 Å². The van der Waals surface area contributed by atoms with Gasteiger partial charge in [-0.1, -0.05) is 6.07 Å². The lowest BCUT2D eigenvalue weighted by atomic mass is 10.1. The molecule has 1 unspecified atom stereocenters. The number of imide groups is 1. The van der Waals surface area contributed by atoms with Crippen LogP contribution < -0.4 is 10.2 Å². The number of anilines is 2. The van der Waals surface area contributed by atoms with Crippen LogP contribution in [0.2, 0.25) is 0 Å². The minimum absolute atomic E-state index is 0.00416. The summed E-state index contributed by atoms with van der Waals surface area (Å²) in [6.45, 7) is 9.52. The van der Waals surface area contributed by atoms with Crippen molar-refractivity contribution in [2.75, 3.05) is 23.3 Å². The molecule has 0 saturated carbocycles. The molecule has 1 aromatic carbocycles. The van der Waals surface area contributed by atoms with Crippen molar-refractivity contribution in [3.8, 4) is 0 Å². The number of benzene rings is 1. The second kappa shape index (κ2) is 13.2. The van der Waals surface area contributed by atoms with Gasteiger partial charge in [-0.15, -0.1) is 14.5 Å². The number of hydrogen-bond acceptors (Lipinski definition) is 10. The van der Waals surface area contributed by atoms with Crippen LogP contribution in [-0.4, -0.2) is 67.0 Å². The number of aromatic nitrogens is 2. The summed E-state index contributed by atoms with van der Waals surface area (Å²) in [5.41, 5.74) is -5.19. The van der Waals surface area contributed by atoms with E-state index in [0.717, 1.165) is 19.1 Å². The Morgan fingerprint density at radius 3 is 2.09 bits per heavy atom. The van der Waals surface area contributed by atoms with Crippen LogP contribution in [0.5, 0.6) is 0 Å². The van der Waals surface area contributed by atoms with Crippen molar-refractivity contribution in [2.24, 2.45) is 0 Å². The van der Waals surface area contributed by atoms with Crippen molar-refractivity contribution in [1.82, 2.24) is 14.5 Å². The number of ether oxygens (including phenoxy) is 2. The van der Waals surface area contributed by atoms with Crippen molar-refractivity contribution < 1.29 is 50.0 Å². The number of alkyl halides is 5. The third-order valence-corrected chi connectivity index (χ3v) is 8.20. The number of nitrogens with zero attached hydrogens (tertiary/aromatic N) is 4. The summed E-state index contributed by atoms with van der Waals surface area (Å²) >= 11 is 0. The summed E-state index contributed by atoms with van der Waals surface area (Å²) in [5.74, 6) is -4.49. The van der Waals surface area contributed by atoms with Crippen LogP contribution in [0.25, 0.3) is 0 Å². The first-order valence-electron chi connectivity index (χ1n) is 14.4. The molecule has 18 heteroatoms. The standard InChI is InChI=1S/C29H37F5N6O6S/c1-17-20(22(38-37-21(17)29(32,33)34)39-14-9-12-28(30,31)13-15-39)23(41)36-18-10-8-11-19(16-18)47(35,44)40(24(42)45-26(2,3)4)25(43)46-27(5,6)7/h8,10-11,16,35H,9,12-15H2,1-7H3,(H,36,41). The second-order valence-corrected chi connectivity index (χ2v) is 14.7. The molecular weight excluding hydrogens is 655 g/mol. The Labute approximate surface area is 269 Å². The molecule has 47 heavy (non-hydrogen) atoms. The average molecular weight is 693 g/mol. The first-order chi connectivity index (χ1) is 21.3. The number of carbonyl (C=O) groups excluding carboxylic acids is 3. The normalized spacial score (nSPS) is 16.8. The topological polar surface area (TPSA) is 155 Å². The van der Waals surface area contributed by atoms with Gasteiger partial charge in [0.15, 0.2) is 21.4 Å². The molecule has 1 saturated heterocycles. The zero-order chi connectivity index (χ0) is 35.8. The first-order valence-corrected chi connectivity index (χ1v) is 15.9. The SMILES string of the molecule is Cc1c(C(F)(F)F)nnc(N2CCCC(F)(F)CC2)c1C(=O)Nc1cccc(S(=N)(=O)N(C(=O)OC(C)(C)C)C(=O)OC(C)(C)C)c1. The number of nitrogens with one attached hydrogen (secondary N) is 2. The Kier molecular flexibility index (Phi) is 10.5. The third kappa shape index (κ3) is 9.48. The van der Waals surface area contributed by atoms with E-state index in [1.165, 1.54) is 58.6 Å². The molecule has 0 bridgehead atoms. The minimum atomic E-state index is -5.00. The van der Waals surface area contributed by atoms with Gasteiger partial charge < -0.3 is 19.7 Å². The largest absolute Gasteiger partial charge is 0.443 e. The van der Waals surface area contributed by atoms with E-state index in [0.29, 0.717) is 0 Å². The lowest BCUT2D eigenvalue weighted by Crippen LogP contribution is -2.46. The molecule has 1 aromatic heterocycles. The lowest BCUT2D eigenvalue weighted by molar-refractivity contribution is -0.142. The maximum atomic E-state index is 14.1. The van der Waals surface area contributed by atoms with E-state index in [1.807, 2.05) is 0 Å². The van der Waals surface area contributed by atoms with Gasteiger partial charge in [0, 0.05) is 31.6 Å². The average Bonchev–Trinajstić information content (AvgIpc) is 3.05. The molecule has 1 aliphatic heterocycles. The molecule has 3 rings (SSSR count). The van der Waals surface area contributed by atoms with Gasteiger partial charge in [-0.25, -0.2) is 27.4 Å². The summed E-state index contributed by atoms with van der Waals surface area (Å²) < 4.78 is 102. The van der Waals surface area contributed by atoms with Crippen molar-refractivity contribution in [3.63, 3.8) is 0 Å². The van der Waals surface area contributed by atoms with Gasteiger partial charge >= 0.3 is 18.4 Å². The van der Waals surface area contributed by atoms with E-state index in [2.05, 4.69) is 15.5 Å². The maximum Gasteiger partial charge on any atom is 0.435 e. The van der Waals surface area contributed by atoms with Gasteiger partial charge in [0.1, 0.15) is 11.2 Å². The number of halogens is 5.